The number of nitro groups is 1. The van der Waals surface area contributed by atoms with E-state index in [1.54, 1.807) is 11.6 Å². The summed E-state index contributed by atoms with van der Waals surface area (Å²) in [5.74, 6) is 0.705. The van der Waals surface area contributed by atoms with Crippen molar-refractivity contribution < 1.29 is 18.7 Å². The minimum atomic E-state index is -2.52. The highest BCUT2D eigenvalue weighted by molar-refractivity contribution is 7.93. The first-order valence-corrected chi connectivity index (χ1v) is 12.5. The van der Waals surface area contributed by atoms with Crippen molar-refractivity contribution in [3.8, 4) is 0 Å². The minimum absolute atomic E-state index is 0.000869. The smallest absolute Gasteiger partial charge is 0.375 e. The van der Waals surface area contributed by atoms with Gasteiger partial charge in [0.15, 0.2) is 0 Å². The number of nitrogens with one attached hydrogen (secondary N) is 1. The average Bonchev–Trinajstić information content (AvgIpc) is 3.36. The molecule has 166 valence electrons. The highest BCUT2D eigenvalue weighted by Crippen LogP contribution is 2.38. The molecule has 3 heterocycles. The van der Waals surface area contributed by atoms with Crippen LogP contribution in [0.4, 0.5) is 11.6 Å². The Bertz CT molecular complexity index is 931. The van der Waals surface area contributed by atoms with Gasteiger partial charge in [0.2, 0.25) is 12.1 Å². The zero-order valence-corrected chi connectivity index (χ0v) is 18.1. The number of aromatic nitrogens is 2. The summed E-state index contributed by atoms with van der Waals surface area (Å²) < 4.78 is 25.1. The zero-order chi connectivity index (χ0) is 21.4. The fourth-order valence-electron chi connectivity index (χ4n) is 4.83. The molecule has 2 saturated heterocycles. The molecule has 1 aliphatic carbocycles. The predicted molar refractivity (Wildman–Crippen MR) is 112 cm³/mol. The molecule has 3 fully saturated rings. The van der Waals surface area contributed by atoms with E-state index < -0.39 is 20.3 Å². The fraction of sp³-hybridized carbons (Fsp3) is 0.789. The van der Waals surface area contributed by atoms with Gasteiger partial charge in [0.05, 0.1) is 15.3 Å². The van der Waals surface area contributed by atoms with Crippen LogP contribution >= 0.6 is 0 Å². The van der Waals surface area contributed by atoms with Gasteiger partial charge in [-0.1, -0.05) is 12.8 Å². The van der Waals surface area contributed by atoms with Crippen LogP contribution in [0.25, 0.3) is 0 Å². The molecule has 10 nitrogen and oxygen atoms in total. The molecule has 1 spiro atoms. The van der Waals surface area contributed by atoms with E-state index in [0.717, 1.165) is 32.1 Å². The highest BCUT2D eigenvalue weighted by atomic mass is 32.2. The Kier molecular flexibility index (Phi) is 5.84. The molecule has 1 atom stereocenters. The molecule has 1 N–H and O–H groups in total. The van der Waals surface area contributed by atoms with E-state index in [0.29, 0.717) is 43.2 Å². The summed E-state index contributed by atoms with van der Waals surface area (Å²) in [6, 6.07) is -0.000869. The lowest BCUT2D eigenvalue weighted by Gasteiger charge is -2.44. The number of hydrogen-bond donors (Lipinski definition) is 1. The van der Waals surface area contributed by atoms with Crippen molar-refractivity contribution in [3.63, 3.8) is 0 Å². The van der Waals surface area contributed by atoms with Gasteiger partial charge >= 0.3 is 5.82 Å². The number of nitrogens with zero attached hydrogens (tertiary/aromatic N) is 4. The number of imidazole rings is 1. The summed E-state index contributed by atoms with van der Waals surface area (Å²) in [5, 5.41) is 14.5. The second-order valence-corrected chi connectivity index (χ2v) is 11.3. The summed E-state index contributed by atoms with van der Waals surface area (Å²) in [6.07, 6.45) is 7.80. The fourth-order valence-corrected chi connectivity index (χ4v) is 7.08. The van der Waals surface area contributed by atoms with Crippen LogP contribution in [0.3, 0.4) is 0 Å². The van der Waals surface area contributed by atoms with Crippen LogP contribution in [-0.4, -0.2) is 54.3 Å². The van der Waals surface area contributed by atoms with E-state index in [4.69, 9.17) is 4.74 Å². The number of amides is 1. The van der Waals surface area contributed by atoms with E-state index in [1.807, 2.05) is 0 Å². The van der Waals surface area contributed by atoms with Crippen LogP contribution in [0.1, 0.15) is 51.4 Å². The van der Waals surface area contributed by atoms with Crippen molar-refractivity contribution >= 4 is 27.3 Å². The largest absolute Gasteiger partial charge is 0.406 e. The maximum Gasteiger partial charge on any atom is 0.406 e. The van der Waals surface area contributed by atoms with Crippen LogP contribution in [0.2, 0.25) is 0 Å². The Labute approximate surface area is 176 Å². The van der Waals surface area contributed by atoms with Gasteiger partial charge in [-0.05, 0) is 48.4 Å². The molecule has 30 heavy (non-hydrogen) atoms. The number of carbonyl (C=O) groups is 1. The standard InChI is InChI=1S/C19H29N5O5S/c1-23-13-20-16(24(26)27)17(23)21-15-6-9-29-19(12-15)7-10-30(28,11-8-19)22-18(25)14-4-2-3-5-14/h13-15,21H,2-12H2,1H3. The molecule has 3 aliphatic rings. The number of hydrogen-bond acceptors (Lipinski definition) is 7. The van der Waals surface area contributed by atoms with Crippen molar-refractivity contribution in [3.05, 3.63) is 16.4 Å². The minimum Gasteiger partial charge on any atom is -0.375 e. The van der Waals surface area contributed by atoms with Crippen LogP contribution in [0.15, 0.2) is 10.7 Å². The lowest BCUT2D eigenvalue weighted by molar-refractivity contribution is -0.388. The normalized spacial score (nSPS) is 32.2. The number of aryl methyl sites for hydroxylation is 1. The number of carbonyl (C=O) groups excluding carboxylic acids is 1. The molecule has 4 rings (SSSR count). The molecule has 0 aromatic carbocycles. The van der Waals surface area contributed by atoms with Crippen LogP contribution < -0.4 is 5.32 Å². The molecule has 2 aliphatic heterocycles. The monoisotopic (exact) mass is 439 g/mol. The van der Waals surface area contributed by atoms with E-state index in [-0.39, 0.29) is 23.7 Å². The van der Waals surface area contributed by atoms with Crippen molar-refractivity contribution in [2.45, 2.75) is 63.0 Å². The first-order chi connectivity index (χ1) is 14.3. The van der Waals surface area contributed by atoms with Gasteiger partial charge in [0.1, 0.15) is 0 Å². The molecule has 0 bridgehead atoms. The Morgan fingerprint density at radius 1 is 1.37 bits per heavy atom. The molecule has 1 aromatic rings. The van der Waals surface area contributed by atoms with E-state index in [1.165, 1.54) is 6.33 Å². The molecular weight excluding hydrogens is 410 g/mol. The maximum absolute atomic E-state index is 13.2. The Morgan fingerprint density at radius 2 is 2.07 bits per heavy atom. The summed E-state index contributed by atoms with van der Waals surface area (Å²) in [5.41, 5.74) is -0.421. The third kappa shape index (κ3) is 4.36. The highest BCUT2D eigenvalue weighted by Gasteiger charge is 2.42. The van der Waals surface area contributed by atoms with Gasteiger partial charge in [-0.25, -0.2) is 4.21 Å². The molecule has 1 aromatic heterocycles. The van der Waals surface area contributed by atoms with Crippen molar-refractivity contribution in [1.82, 2.24) is 9.55 Å². The molecule has 1 amide bonds. The van der Waals surface area contributed by atoms with Gasteiger partial charge in [0, 0.05) is 37.1 Å². The summed E-state index contributed by atoms with van der Waals surface area (Å²) >= 11 is 0. The quantitative estimate of drug-likeness (QED) is 0.564. The second kappa shape index (κ2) is 8.26. The summed E-state index contributed by atoms with van der Waals surface area (Å²) in [4.78, 5) is 27.0. The maximum atomic E-state index is 13.2. The van der Waals surface area contributed by atoms with Gasteiger partial charge < -0.3 is 20.2 Å². The first kappa shape index (κ1) is 21.2. The Morgan fingerprint density at radius 3 is 2.73 bits per heavy atom. The third-order valence-corrected chi connectivity index (χ3v) is 8.84. The van der Waals surface area contributed by atoms with Crippen molar-refractivity contribution in [2.24, 2.45) is 17.3 Å². The third-order valence-electron chi connectivity index (χ3n) is 6.64. The molecule has 0 radical (unpaired) electrons. The SMILES string of the molecule is Cn1cnc([N+](=O)[O-])c1NC1CCOC2(CCS(=O)(=NC(=O)C3CCCC3)CC2)C1. The van der Waals surface area contributed by atoms with Crippen LogP contribution in [0, 0.1) is 16.0 Å². The second-order valence-electron chi connectivity index (χ2n) is 8.74. The van der Waals surface area contributed by atoms with E-state index in [2.05, 4.69) is 14.7 Å². The van der Waals surface area contributed by atoms with Crippen molar-refractivity contribution in [2.75, 3.05) is 23.4 Å². The molecule has 1 saturated carbocycles. The number of anilines is 1. The number of rotatable bonds is 4. The van der Waals surface area contributed by atoms with Gasteiger partial charge in [-0.2, -0.15) is 4.36 Å². The Balaban J connectivity index is 1.41. The van der Waals surface area contributed by atoms with Crippen LogP contribution in [0.5, 0.6) is 0 Å². The molecule has 1 unspecified atom stereocenters. The zero-order valence-electron chi connectivity index (χ0n) is 17.2. The molecule has 11 heteroatoms. The molecular formula is C19H29N5O5S. The lowest BCUT2D eigenvalue weighted by atomic mass is 9.85. The van der Waals surface area contributed by atoms with Crippen molar-refractivity contribution in [1.29, 1.82) is 0 Å². The average molecular weight is 440 g/mol. The summed E-state index contributed by atoms with van der Waals surface area (Å²) in [7, 11) is -0.804. The van der Waals surface area contributed by atoms with E-state index >= 15 is 0 Å². The lowest BCUT2D eigenvalue weighted by Crippen LogP contribution is -2.49. The van der Waals surface area contributed by atoms with E-state index in [9.17, 15) is 19.1 Å². The Hall–Kier alpha value is -2.01. The van der Waals surface area contributed by atoms with Gasteiger partial charge in [-0.3, -0.25) is 9.36 Å². The topological polar surface area (TPSA) is 129 Å². The number of ether oxygens (including phenoxy) is 1. The van der Waals surface area contributed by atoms with Crippen LogP contribution in [-0.2, 0) is 26.3 Å². The summed E-state index contributed by atoms with van der Waals surface area (Å²) in [6.45, 7) is 0.530. The predicted octanol–water partition coefficient (Wildman–Crippen LogP) is 2.64. The first-order valence-electron chi connectivity index (χ1n) is 10.6. The van der Waals surface area contributed by atoms with Gasteiger partial charge in [0.25, 0.3) is 5.91 Å². The van der Waals surface area contributed by atoms with Gasteiger partial charge in [-0.15, -0.1) is 0 Å².